The third-order valence-corrected chi connectivity index (χ3v) is 6.75. The van der Waals surface area contributed by atoms with Gasteiger partial charge in [-0.05, 0) is 74.6 Å². The number of nitrogens with zero attached hydrogens (tertiary/aromatic N) is 4. The molecule has 4 heterocycles. The fourth-order valence-electron chi connectivity index (χ4n) is 4.81. The van der Waals surface area contributed by atoms with E-state index >= 15 is 0 Å². The van der Waals surface area contributed by atoms with Gasteiger partial charge in [0.25, 0.3) is 5.56 Å². The Labute approximate surface area is 219 Å². The summed E-state index contributed by atoms with van der Waals surface area (Å²) in [7, 11) is 1.61. The predicted octanol–water partition coefficient (Wildman–Crippen LogP) is 6.61. The molecule has 38 heavy (non-hydrogen) atoms. The van der Waals surface area contributed by atoms with E-state index in [1.165, 1.54) is 22.4 Å². The topological polar surface area (TPSA) is 69.9 Å². The van der Waals surface area contributed by atoms with Crippen LogP contribution in [0.2, 0.25) is 0 Å². The molecule has 0 saturated heterocycles. The number of methoxy groups -OCH3 is 1. The minimum absolute atomic E-state index is 0.138. The zero-order chi connectivity index (χ0) is 27.3. The van der Waals surface area contributed by atoms with Gasteiger partial charge in [-0.15, -0.1) is 0 Å². The average Bonchev–Trinajstić information content (AvgIpc) is 2.91. The lowest BCUT2D eigenvalue weighted by Gasteiger charge is -2.23. The van der Waals surface area contributed by atoms with Gasteiger partial charge in [0.05, 0.1) is 24.9 Å². The highest BCUT2D eigenvalue weighted by Gasteiger charge is 2.34. The van der Waals surface area contributed by atoms with Crippen molar-refractivity contribution < 1.29 is 17.9 Å². The van der Waals surface area contributed by atoms with Crippen LogP contribution >= 0.6 is 0 Å². The summed E-state index contributed by atoms with van der Waals surface area (Å²) in [5.41, 5.74) is 1.68. The average molecular weight is 525 g/mol. The maximum atomic E-state index is 13.5. The van der Waals surface area contributed by atoms with Crippen molar-refractivity contribution in [2.24, 2.45) is 0 Å². The van der Waals surface area contributed by atoms with Crippen LogP contribution in [0.4, 0.5) is 13.2 Å². The van der Waals surface area contributed by atoms with E-state index in [0.717, 1.165) is 43.6 Å². The Morgan fingerprint density at radius 1 is 1.00 bits per heavy atom. The highest BCUT2D eigenvalue weighted by molar-refractivity contribution is 5.76. The van der Waals surface area contributed by atoms with Crippen molar-refractivity contribution >= 4 is 11.0 Å². The number of alkyl halides is 3. The Morgan fingerprint density at radius 2 is 1.76 bits per heavy atom. The minimum atomic E-state index is -4.53. The first kappa shape index (κ1) is 27.3. The van der Waals surface area contributed by atoms with Crippen LogP contribution < -0.4 is 10.3 Å². The number of hydrogen-bond donors (Lipinski definition) is 0. The maximum Gasteiger partial charge on any atom is 0.418 e. The summed E-state index contributed by atoms with van der Waals surface area (Å²) in [6, 6.07) is 11.7. The van der Waals surface area contributed by atoms with Crippen LogP contribution in [0, 0.1) is 13.8 Å². The molecule has 1 aliphatic rings. The smallest absolute Gasteiger partial charge is 0.418 e. The summed E-state index contributed by atoms with van der Waals surface area (Å²) >= 11 is 0. The van der Waals surface area contributed by atoms with E-state index < -0.39 is 11.7 Å². The van der Waals surface area contributed by atoms with Crippen LogP contribution in [0.25, 0.3) is 11.0 Å². The van der Waals surface area contributed by atoms with Crippen LogP contribution in [0.1, 0.15) is 66.1 Å². The normalized spacial score (nSPS) is 14.2. The van der Waals surface area contributed by atoms with E-state index in [1.807, 2.05) is 37.3 Å². The first-order valence-corrected chi connectivity index (χ1v) is 12.7. The molecule has 1 aliphatic carbocycles. The lowest BCUT2D eigenvalue weighted by Crippen LogP contribution is -2.29. The van der Waals surface area contributed by atoms with E-state index in [2.05, 4.69) is 15.0 Å². The SMILES string of the molecule is COc1cc(C)ccn1.Cc1ccc2cc(C3CCCCC3)c(=O)n(Cc3ncccc3C(F)(F)F)c2n1. The van der Waals surface area contributed by atoms with Crippen LogP contribution in [0.3, 0.4) is 0 Å². The number of aromatic nitrogens is 4. The van der Waals surface area contributed by atoms with Crippen molar-refractivity contribution in [2.75, 3.05) is 7.11 Å². The molecule has 4 aromatic heterocycles. The van der Waals surface area contributed by atoms with E-state index in [0.29, 0.717) is 22.8 Å². The summed E-state index contributed by atoms with van der Waals surface area (Å²) < 4.78 is 46.6. The summed E-state index contributed by atoms with van der Waals surface area (Å²) in [6.45, 7) is 3.54. The molecular formula is C29H31F3N4O2. The first-order chi connectivity index (χ1) is 18.2. The third kappa shape index (κ3) is 6.38. The Hall–Kier alpha value is -3.75. The van der Waals surface area contributed by atoms with E-state index in [4.69, 9.17) is 4.74 Å². The molecule has 200 valence electrons. The molecule has 0 spiro atoms. The zero-order valence-electron chi connectivity index (χ0n) is 21.8. The number of halogens is 3. The molecule has 0 unspecified atom stereocenters. The van der Waals surface area contributed by atoms with E-state index in [1.54, 1.807) is 20.2 Å². The number of ether oxygens (including phenoxy) is 1. The molecule has 0 radical (unpaired) electrons. The number of aryl methyl sites for hydroxylation is 2. The lowest BCUT2D eigenvalue weighted by atomic mass is 9.84. The second kappa shape index (κ2) is 11.8. The van der Waals surface area contributed by atoms with Crippen molar-refractivity contribution in [2.45, 2.75) is 64.6 Å². The molecule has 1 saturated carbocycles. The van der Waals surface area contributed by atoms with Crippen molar-refractivity contribution in [3.8, 4) is 5.88 Å². The zero-order valence-corrected chi connectivity index (χ0v) is 21.8. The fourth-order valence-corrected chi connectivity index (χ4v) is 4.81. The van der Waals surface area contributed by atoms with Crippen molar-refractivity contribution in [3.63, 3.8) is 0 Å². The molecular weight excluding hydrogens is 493 g/mol. The van der Waals surface area contributed by atoms with Crippen molar-refractivity contribution in [3.05, 3.63) is 93.3 Å². The van der Waals surface area contributed by atoms with Crippen LogP contribution in [-0.4, -0.2) is 26.6 Å². The Bertz CT molecular complexity index is 1460. The van der Waals surface area contributed by atoms with Gasteiger partial charge in [0.2, 0.25) is 5.88 Å². The van der Waals surface area contributed by atoms with Gasteiger partial charge < -0.3 is 4.74 Å². The Balaban J connectivity index is 0.000000317. The minimum Gasteiger partial charge on any atom is -0.481 e. The molecule has 1 fully saturated rings. The molecule has 0 amide bonds. The van der Waals surface area contributed by atoms with Crippen molar-refractivity contribution in [1.29, 1.82) is 0 Å². The predicted molar refractivity (Wildman–Crippen MR) is 140 cm³/mol. The Kier molecular flexibility index (Phi) is 8.44. The maximum absolute atomic E-state index is 13.5. The van der Waals surface area contributed by atoms with Gasteiger partial charge in [-0.2, -0.15) is 13.2 Å². The van der Waals surface area contributed by atoms with Gasteiger partial charge in [-0.1, -0.05) is 19.3 Å². The highest BCUT2D eigenvalue weighted by Crippen LogP contribution is 2.33. The van der Waals surface area contributed by atoms with Gasteiger partial charge in [0.15, 0.2) is 0 Å². The van der Waals surface area contributed by atoms with Gasteiger partial charge >= 0.3 is 6.18 Å². The Morgan fingerprint density at radius 3 is 2.42 bits per heavy atom. The van der Waals surface area contributed by atoms with Crippen LogP contribution in [-0.2, 0) is 12.7 Å². The second-order valence-corrected chi connectivity index (χ2v) is 9.56. The largest absolute Gasteiger partial charge is 0.481 e. The standard InChI is InChI=1S/C22H22F3N3O.C7H9NO/c1-14-9-10-16-12-17(15-6-3-2-4-7-15)21(29)28(20(16)27-14)13-19-18(22(23,24)25)8-5-11-26-19;1-6-3-4-8-7(5-6)9-2/h5,8-12,15H,2-4,6-7,13H2,1H3;3-5H,1-2H3. The molecule has 9 heteroatoms. The molecule has 0 atom stereocenters. The molecule has 4 aromatic rings. The first-order valence-electron chi connectivity index (χ1n) is 12.7. The molecule has 0 aromatic carbocycles. The highest BCUT2D eigenvalue weighted by atomic mass is 19.4. The molecule has 0 aliphatic heterocycles. The summed E-state index contributed by atoms with van der Waals surface area (Å²) in [5, 5.41) is 0.764. The lowest BCUT2D eigenvalue weighted by molar-refractivity contribution is -0.138. The molecule has 0 bridgehead atoms. The summed E-state index contributed by atoms with van der Waals surface area (Å²) in [4.78, 5) is 25.7. The van der Waals surface area contributed by atoms with Crippen LogP contribution in [0.5, 0.6) is 5.88 Å². The second-order valence-electron chi connectivity index (χ2n) is 9.56. The number of fused-ring (bicyclic) bond motifs is 1. The van der Waals surface area contributed by atoms with Gasteiger partial charge in [-0.3, -0.25) is 14.3 Å². The van der Waals surface area contributed by atoms with E-state index in [9.17, 15) is 18.0 Å². The third-order valence-electron chi connectivity index (χ3n) is 6.75. The number of hydrogen-bond acceptors (Lipinski definition) is 5. The molecule has 0 N–H and O–H groups in total. The van der Waals surface area contributed by atoms with E-state index in [-0.39, 0.29) is 23.7 Å². The summed E-state index contributed by atoms with van der Waals surface area (Å²) in [6.07, 6.45) is 3.65. The quantitative estimate of drug-likeness (QED) is 0.300. The monoisotopic (exact) mass is 524 g/mol. The summed E-state index contributed by atoms with van der Waals surface area (Å²) in [5.74, 6) is 0.814. The molecule has 6 nitrogen and oxygen atoms in total. The van der Waals surface area contributed by atoms with Gasteiger partial charge in [-0.25, -0.2) is 9.97 Å². The number of rotatable bonds is 4. The van der Waals surface area contributed by atoms with Crippen LogP contribution in [0.15, 0.2) is 59.7 Å². The van der Waals surface area contributed by atoms with Gasteiger partial charge in [0.1, 0.15) is 5.65 Å². The number of pyridine rings is 4. The fraction of sp³-hybridized carbons (Fsp3) is 0.379. The van der Waals surface area contributed by atoms with Crippen molar-refractivity contribution in [1.82, 2.24) is 19.5 Å². The van der Waals surface area contributed by atoms with Gasteiger partial charge in [0, 0.05) is 35.1 Å². The molecule has 5 rings (SSSR count).